The number of carbonyl (C=O) groups is 2. The van der Waals surface area contributed by atoms with Crippen molar-refractivity contribution in [1.82, 2.24) is 0 Å². The molecule has 2 aliphatic carbocycles. The molecule has 0 unspecified atom stereocenters. The minimum absolute atomic E-state index is 0.356. The molecule has 0 aliphatic heterocycles. The fraction of sp³-hybridized carbons (Fsp3) is 0.600. The molecule has 0 amide bonds. The number of carbonyl (C=O) groups excluding carboxylic acids is 2. The molecular formula is C15H20O2. The molecule has 0 aromatic carbocycles. The van der Waals surface area contributed by atoms with E-state index in [4.69, 9.17) is 0 Å². The Morgan fingerprint density at radius 3 is 1.76 bits per heavy atom. The van der Waals surface area contributed by atoms with Gasteiger partial charge in [0.25, 0.3) is 0 Å². The summed E-state index contributed by atoms with van der Waals surface area (Å²) in [5.41, 5.74) is 2.46. The first-order valence-corrected chi connectivity index (χ1v) is 6.63. The molecule has 0 N–H and O–H groups in total. The van der Waals surface area contributed by atoms with Crippen molar-refractivity contribution in [3.63, 3.8) is 0 Å². The summed E-state index contributed by atoms with van der Waals surface area (Å²) < 4.78 is 0. The van der Waals surface area contributed by atoms with Crippen LogP contribution in [0.2, 0.25) is 0 Å². The highest BCUT2D eigenvalue weighted by Gasteiger charge is 2.14. The second kappa shape index (κ2) is 5.95. The van der Waals surface area contributed by atoms with E-state index in [1.807, 2.05) is 0 Å². The number of hydrogen-bond donors (Lipinski definition) is 0. The van der Waals surface area contributed by atoms with Crippen molar-refractivity contribution < 1.29 is 9.59 Å². The molecule has 0 spiro atoms. The van der Waals surface area contributed by atoms with E-state index in [0.29, 0.717) is 24.4 Å². The summed E-state index contributed by atoms with van der Waals surface area (Å²) in [6, 6.07) is 0. The summed E-state index contributed by atoms with van der Waals surface area (Å²) in [6.07, 6.45) is 11.9. The molecule has 0 atom stereocenters. The third-order valence-corrected chi connectivity index (χ3v) is 3.49. The number of allylic oxidation sites excluding steroid dienone is 4. The summed E-state index contributed by atoms with van der Waals surface area (Å²) in [5, 5.41) is 0. The molecule has 17 heavy (non-hydrogen) atoms. The van der Waals surface area contributed by atoms with Gasteiger partial charge in [-0.25, -0.2) is 0 Å². The fourth-order valence-corrected chi connectivity index (χ4v) is 2.60. The number of rotatable bonds is 2. The Morgan fingerprint density at radius 1 is 0.824 bits per heavy atom. The summed E-state index contributed by atoms with van der Waals surface area (Å²) in [7, 11) is 0. The molecular weight excluding hydrogens is 212 g/mol. The minimum Gasteiger partial charge on any atom is -0.299 e. The summed E-state index contributed by atoms with van der Waals surface area (Å²) >= 11 is 0. The van der Waals surface area contributed by atoms with Crippen molar-refractivity contribution in [3.8, 4) is 0 Å². The lowest BCUT2D eigenvalue weighted by Crippen LogP contribution is -2.01. The zero-order valence-corrected chi connectivity index (χ0v) is 10.3. The van der Waals surface area contributed by atoms with Gasteiger partial charge in [-0.3, -0.25) is 9.59 Å². The van der Waals surface area contributed by atoms with Crippen molar-refractivity contribution in [2.45, 2.75) is 57.8 Å². The molecule has 2 heteroatoms. The molecule has 0 radical (unpaired) electrons. The van der Waals surface area contributed by atoms with Crippen LogP contribution < -0.4 is 0 Å². The van der Waals surface area contributed by atoms with Crippen molar-refractivity contribution >= 4 is 11.6 Å². The zero-order valence-electron chi connectivity index (χ0n) is 10.3. The topological polar surface area (TPSA) is 34.1 Å². The lowest BCUT2D eigenvalue weighted by Gasteiger charge is -2.07. The minimum atomic E-state index is 0.356. The maximum absolute atomic E-state index is 11.5. The highest BCUT2D eigenvalue weighted by molar-refractivity contribution is 5.82. The van der Waals surface area contributed by atoms with Crippen LogP contribution in [0.3, 0.4) is 0 Å². The average Bonchev–Trinajstić information content (AvgIpc) is 2.59. The summed E-state index contributed by atoms with van der Waals surface area (Å²) in [6.45, 7) is 0. The first-order valence-electron chi connectivity index (χ1n) is 6.63. The predicted molar refractivity (Wildman–Crippen MR) is 67.7 cm³/mol. The third kappa shape index (κ3) is 3.95. The van der Waals surface area contributed by atoms with Crippen LogP contribution in [0.1, 0.15) is 57.8 Å². The van der Waals surface area contributed by atoms with Crippen LogP contribution in [-0.4, -0.2) is 11.6 Å². The number of ketones is 2. The van der Waals surface area contributed by atoms with Crippen LogP contribution in [0, 0.1) is 0 Å². The molecule has 0 aromatic rings. The molecule has 0 saturated heterocycles. The van der Waals surface area contributed by atoms with Gasteiger partial charge in [0.05, 0.1) is 0 Å². The van der Waals surface area contributed by atoms with E-state index < -0.39 is 0 Å². The molecule has 0 bridgehead atoms. The molecule has 0 heterocycles. The quantitative estimate of drug-likeness (QED) is 0.683. The first-order chi connectivity index (χ1) is 8.24. The SMILES string of the molecule is O=C1CCCC=C(CC2=CCCCC(=O)C2)C1. The Bertz CT molecular complexity index is 338. The van der Waals surface area contributed by atoms with Gasteiger partial charge in [-0.2, -0.15) is 0 Å². The van der Waals surface area contributed by atoms with Gasteiger partial charge in [-0.1, -0.05) is 23.3 Å². The van der Waals surface area contributed by atoms with E-state index in [-0.39, 0.29) is 0 Å². The fourth-order valence-electron chi connectivity index (χ4n) is 2.60. The molecule has 2 aliphatic rings. The van der Waals surface area contributed by atoms with Crippen LogP contribution in [0.5, 0.6) is 0 Å². The molecule has 2 nitrogen and oxygen atoms in total. The molecule has 0 saturated carbocycles. The van der Waals surface area contributed by atoms with Crippen molar-refractivity contribution in [3.05, 3.63) is 23.3 Å². The Balaban J connectivity index is 1.99. The van der Waals surface area contributed by atoms with E-state index in [1.165, 1.54) is 11.1 Å². The Hall–Kier alpha value is -1.18. The molecule has 0 aromatic heterocycles. The van der Waals surface area contributed by atoms with E-state index >= 15 is 0 Å². The van der Waals surface area contributed by atoms with Gasteiger partial charge in [0, 0.05) is 25.7 Å². The summed E-state index contributed by atoms with van der Waals surface area (Å²) in [5.74, 6) is 0.712. The highest BCUT2D eigenvalue weighted by Crippen LogP contribution is 2.25. The molecule has 2 rings (SSSR count). The van der Waals surface area contributed by atoms with Crippen molar-refractivity contribution in [1.29, 1.82) is 0 Å². The largest absolute Gasteiger partial charge is 0.299 e. The van der Waals surface area contributed by atoms with Gasteiger partial charge in [0.2, 0.25) is 0 Å². The van der Waals surface area contributed by atoms with Crippen LogP contribution in [0.4, 0.5) is 0 Å². The Morgan fingerprint density at radius 2 is 1.29 bits per heavy atom. The van der Waals surface area contributed by atoms with Gasteiger partial charge in [-0.05, 0) is 32.1 Å². The maximum Gasteiger partial charge on any atom is 0.136 e. The number of Topliss-reactive ketones (excluding diaryl/α,β-unsaturated/α-hetero) is 2. The lowest BCUT2D eigenvalue weighted by molar-refractivity contribution is -0.119. The van der Waals surface area contributed by atoms with Gasteiger partial charge in [0.15, 0.2) is 0 Å². The summed E-state index contributed by atoms with van der Waals surface area (Å²) in [4.78, 5) is 23.1. The van der Waals surface area contributed by atoms with Crippen molar-refractivity contribution in [2.24, 2.45) is 0 Å². The van der Waals surface area contributed by atoms with Gasteiger partial charge < -0.3 is 0 Å². The standard InChI is InChI=1S/C15H20O2/c16-14-7-3-1-5-12(10-14)9-13-6-2-4-8-15(17)11-13/h5-6H,1-4,7-11H2. The van der Waals surface area contributed by atoms with Crippen molar-refractivity contribution in [2.75, 3.05) is 0 Å². The van der Waals surface area contributed by atoms with Gasteiger partial charge in [0.1, 0.15) is 11.6 Å². The predicted octanol–water partition coefficient (Wildman–Crippen LogP) is 3.52. The second-order valence-electron chi connectivity index (χ2n) is 5.12. The van der Waals surface area contributed by atoms with Crippen LogP contribution >= 0.6 is 0 Å². The van der Waals surface area contributed by atoms with Crippen LogP contribution in [-0.2, 0) is 9.59 Å². The third-order valence-electron chi connectivity index (χ3n) is 3.49. The monoisotopic (exact) mass is 232 g/mol. The van der Waals surface area contributed by atoms with E-state index in [1.54, 1.807) is 0 Å². The van der Waals surface area contributed by atoms with Gasteiger partial charge >= 0.3 is 0 Å². The first kappa shape index (κ1) is 12.3. The normalized spacial score (nSPS) is 22.6. The molecule has 92 valence electrons. The maximum atomic E-state index is 11.5. The zero-order chi connectivity index (χ0) is 12.1. The van der Waals surface area contributed by atoms with E-state index in [9.17, 15) is 9.59 Å². The van der Waals surface area contributed by atoms with E-state index in [2.05, 4.69) is 12.2 Å². The van der Waals surface area contributed by atoms with Crippen LogP contribution in [0.25, 0.3) is 0 Å². The average molecular weight is 232 g/mol. The number of hydrogen-bond acceptors (Lipinski definition) is 2. The molecule has 0 fully saturated rings. The van der Waals surface area contributed by atoms with Crippen LogP contribution in [0.15, 0.2) is 23.3 Å². The Labute approximate surface area is 103 Å². The Kier molecular flexibility index (Phi) is 4.29. The van der Waals surface area contributed by atoms with E-state index in [0.717, 1.165) is 44.9 Å². The highest BCUT2D eigenvalue weighted by atomic mass is 16.1. The lowest BCUT2D eigenvalue weighted by atomic mass is 9.97. The second-order valence-corrected chi connectivity index (χ2v) is 5.12. The smallest absolute Gasteiger partial charge is 0.136 e. The van der Waals surface area contributed by atoms with Gasteiger partial charge in [-0.15, -0.1) is 0 Å².